The zero-order chi connectivity index (χ0) is 28.9. The van der Waals surface area contributed by atoms with Crippen LogP contribution in [0, 0.1) is 18.8 Å². The molecule has 0 unspecified atom stereocenters. The topological polar surface area (TPSA) is 80.8 Å². The SMILES string of the molecule is Cc1ccc(C(=O)COC(=O)CCCCCN2C(=O)[C@H]3[C@H](C2=O)C2(Cl)c4ccccc4C3(Cl)c3ccccc32)cc1. The highest BCUT2D eigenvalue weighted by Crippen LogP contribution is 2.69. The first-order valence-corrected chi connectivity index (χ1v) is 14.6. The average molecular weight is 591 g/mol. The number of ether oxygens (including phenoxy) is 1. The number of benzene rings is 3. The monoisotopic (exact) mass is 589 g/mol. The lowest BCUT2D eigenvalue weighted by Gasteiger charge is -2.54. The Hall–Kier alpha value is -3.48. The summed E-state index contributed by atoms with van der Waals surface area (Å²) >= 11 is 14.9. The van der Waals surface area contributed by atoms with Gasteiger partial charge in [-0.1, -0.05) is 84.8 Å². The molecule has 0 radical (unpaired) electrons. The van der Waals surface area contributed by atoms with Crippen LogP contribution in [0.25, 0.3) is 0 Å². The zero-order valence-corrected chi connectivity index (χ0v) is 24.1. The first kappa shape index (κ1) is 27.7. The summed E-state index contributed by atoms with van der Waals surface area (Å²) in [5.41, 5.74) is 4.65. The van der Waals surface area contributed by atoms with Gasteiger partial charge in [-0.2, -0.15) is 0 Å². The number of rotatable bonds is 9. The maximum absolute atomic E-state index is 13.8. The number of aryl methyl sites for hydroxylation is 1. The fraction of sp³-hybridized carbons (Fsp3) is 0.333. The Morgan fingerprint density at radius 3 is 1.73 bits per heavy atom. The molecule has 1 fully saturated rings. The van der Waals surface area contributed by atoms with Crippen LogP contribution >= 0.6 is 23.2 Å². The molecule has 0 saturated carbocycles. The molecule has 7 rings (SSSR count). The minimum Gasteiger partial charge on any atom is -0.457 e. The third-order valence-electron chi connectivity index (χ3n) is 8.68. The quantitative estimate of drug-likeness (QED) is 0.102. The molecule has 6 nitrogen and oxygen atoms in total. The maximum atomic E-state index is 13.8. The molecule has 1 saturated heterocycles. The van der Waals surface area contributed by atoms with Gasteiger partial charge in [0, 0.05) is 18.5 Å². The van der Waals surface area contributed by atoms with Gasteiger partial charge in [-0.3, -0.25) is 24.1 Å². The van der Waals surface area contributed by atoms with Crippen LogP contribution in [-0.4, -0.2) is 41.6 Å². The largest absolute Gasteiger partial charge is 0.457 e. The number of unbranched alkanes of at least 4 members (excludes halogenated alkanes) is 2. The van der Waals surface area contributed by atoms with Gasteiger partial charge in [0.1, 0.15) is 9.75 Å². The fourth-order valence-electron chi connectivity index (χ4n) is 6.70. The number of esters is 1. The third-order valence-corrected chi connectivity index (χ3v) is 9.96. The highest BCUT2D eigenvalue weighted by molar-refractivity contribution is 6.36. The van der Waals surface area contributed by atoms with Crippen LogP contribution in [0.5, 0.6) is 0 Å². The number of ketones is 1. The van der Waals surface area contributed by atoms with Crippen molar-refractivity contribution in [2.75, 3.05) is 13.2 Å². The fourth-order valence-corrected chi connectivity index (χ4v) is 7.80. The molecule has 210 valence electrons. The second-order valence-electron chi connectivity index (χ2n) is 11.1. The maximum Gasteiger partial charge on any atom is 0.306 e. The van der Waals surface area contributed by atoms with E-state index in [-0.39, 0.29) is 37.2 Å². The van der Waals surface area contributed by atoms with Crippen molar-refractivity contribution in [3.05, 3.63) is 106 Å². The second-order valence-corrected chi connectivity index (χ2v) is 12.3. The summed E-state index contributed by atoms with van der Waals surface area (Å²) in [6.45, 7) is 1.85. The lowest BCUT2D eigenvalue weighted by Crippen LogP contribution is -2.57. The highest BCUT2D eigenvalue weighted by atomic mass is 35.5. The van der Waals surface area contributed by atoms with E-state index in [0.717, 1.165) is 27.8 Å². The lowest BCUT2D eigenvalue weighted by molar-refractivity contribution is -0.143. The Bertz CT molecular complexity index is 1440. The van der Waals surface area contributed by atoms with Crippen LogP contribution in [0.1, 0.15) is 63.9 Å². The van der Waals surface area contributed by atoms with Crippen molar-refractivity contribution in [2.24, 2.45) is 11.8 Å². The molecule has 0 spiro atoms. The number of nitrogens with zero attached hydrogens (tertiary/aromatic N) is 1. The Morgan fingerprint density at radius 1 is 0.756 bits per heavy atom. The summed E-state index contributed by atoms with van der Waals surface area (Å²) in [6, 6.07) is 22.2. The number of halogens is 2. The van der Waals surface area contributed by atoms with Gasteiger partial charge >= 0.3 is 5.97 Å². The van der Waals surface area contributed by atoms with Gasteiger partial charge in [0.15, 0.2) is 12.4 Å². The predicted molar refractivity (Wildman–Crippen MR) is 155 cm³/mol. The highest BCUT2D eigenvalue weighted by Gasteiger charge is 2.72. The molecule has 1 aliphatic heterocycles. The minimum absolute atomic E-state index is 0.147. The molecule has 0 aromatic heterocycles. The van der Waals surface area contributed by atoms with E-state index in [4.69, 9.17) is 27.9 Å². The Kier molecular flexibility index (Phi) is 7.03. The van der Waals surface area contributed by atoms with Gasteiger partial charge in [-0.05, 0) is 42.0 Å². The molecule has 3 aliphatic carbocycles. The third kappa shape index (κ3) is 4.22. The lowest BCUT2D eigenvalue weighted by atomic mass is 9.54. The van der Waals surface area contributed by atoms with Crippen molar-refractivity contribution in [3.63, 3.8) is 0 Å². The van der Waals surface area contributed by atoms with E-state index in [1.165, 1.54) is 4.90 Å². The van der Waals surface area contributed by atoms with Crippen molar-refractivity contribution >= 4 is 46.8 Å². The number of carbonyl (C=O) groups excluding carboxylic acids is 4. The van der Waals surface area contributed by atoms with Crippen molar-refractivity contribution in [3.8, 4) is 0 Å². The standard InChI is InChI=1S/C33H29Cl2NO5/c1-20-14-16-21(17-15-20)26(37)19-41-27(38)13-3-2-8-18-36-30(39)28-29(31(36)40)33(35)23-10-5-4-9-22(23)32(28,34)24-11-6-7-12-25(24)33/h4-7,9-12,14-17,28-29H,2-3,8,13,18-19H2,1H3/t28-,29-,32?,33?/m1/s1. The van der Waals surface area contributed by atoms with E-state index < -0.39 is 27.6 Å². The summed E-state index contributed by atoms with van der Waals surface area (Å²) in [4.78, 5) is 51.0. The van der Waals surface area contributed by atoms with Crippen LogP contribution in [-0.2, 0) is 28.9 Å². The average Bonchev–Trinajstić information content (AvgIpc) is 3.25. The van der Waals surface area contributed by atoms with E-state index in [9.17, 15) is 19.2 Å². The normalized spacial score (nSPS) is 25.5. The van der Waals surface area contributed by atoms with E-state index in [1.807, 2.05) is 67.6 Å². The molecule has 2 bridgehead atoms. The van der Waals surface area contributed by atoms with Gasteiger partial charge in [-0.25, -0.2) is 0 Å². The van der Waals surface area contributed by atoms with Gasteiger partial charge in [0.25, 0.3) is 0 Å². The number of alkyl halides is 2. The Balaban J connectivity index is 1.08. The van der Waals surface area contributed by atoms with Crippen LogP contribution in [0.3, 0.4) is 0 Å². The molecule has 2 amide bonds. The van der Waals surface area contributed by atoms with Crippen molar-refractivity contribution in [1.29, 1.82) is 0 Å². The molecule has 3 aromatic rings. The number of hydrogen-bond donors (Lipinski definition) is 0. The molecule has 3 aromatic carbocycles. The smallest absolute Gasteiger partial charge is 0.306 e. The summed E-state index contributed by atoms with van der Waals surface area (Å²) in [7, 11) is 0. The molecule has 4 aliphatic rings. The minimum atomic E-state index is -1.18. The molecule has 0 N–H and O–H groups in total. The van der Waals surface area contributed by atoms with Crippen LogP contribution in [0.15, 0.2) is 72.8 Å². The van der Waals surface area contributed by atoms with E-state index in [2.05, 4.69) is 0 Å². The number of amides is 2. The summed E-state index contributed by atoms with van der Waals surface area (Å²) in [6.07, 6.45) is 1.79. The number of hydrogen-bond acceptors (Lipinski definition) is 5. The first-order valence-electron chi connectivity index (χ1n) is 13.9. The van der Waals surface area contributed by atoms with Crippen LogP contribution in [0.4, 0.5) is 0 Å². The van der Waals surface area contributed by atoms with Crippen molar-refractivity contribution < 1.29 is 23.9 Å². The van der Waals surface area contributed by atoms with Gasteiger partial charge in [0.05, 0.1) is 11.8 Å². The Labute approximate surface area is 248 Å². The summed E-state index contributed by atoms with van der Waals surface area (Å²) in [5, 5.41) is 0. The second kappa shape index (κ2) is 10.4. The van der Waals surface area contributed by atoms with Crippen LogP contribution in [0.2, 0.25) is 0 Å². The van der Waals surface area contributed by atoms with Gasteiger partial charge in [0.2, 0.25) is 11.8 Å². The summed E-state index contributed by atoms with van der Waals surface area (Å²) in [5.74, 6) is -2.93. The van der Waals surface area contributed by atoms with Gasteiger partial charge in [-0.15, -0.1) is 23.2 Å². The number of carbonyl (C=O) groups is 4. The van der Waals surface area contributed by atoms with Crippen molar-refractivity contribution in [1.82, 2.24) is 4.90 Å². The Morgan fingerprint density at radius 2 is 1.24 bits per heavy atom. The number of imide groups is 1. The predicted octanol–water partition coefficient (Wildman–Crippen LogP) is 5.87. The van der Waals surface area contributed by atoms with Gasteiger partial charge < -0.3 is 4.74 Å². The number of Topliss-reactive ketones (excluding diaryl/α,β-unsaturated/α-hetero) is 1. The molecule has 8 heteroatoms. The molecule has 1 heterocycles. The van der Waals surface area contributed by atoms with E-state index in [0.29, 0.717) is 24.8 Å². The zero-order valence-electron chi connectivity index (χ0n) is 22.6. The van der Waals surface area contributed by atoms with Crippen molar-refractivity contribution in [2.45, 2.75) is 42.4 Å². The molecular weight excluding hydrogens is 561 g/mol. The molecule has 2 atom stereocenters. The van der Waals surface area contributed by atoms with Crippen LogP contribution < -0.4 is 0 Å². The molecule has 41 heavy (non-hydrogen) atoms. The van der Waals surface area contributed by atoms with E-state index in [1.54, 1.807) is 12.1 Å². The first-order chi connectivity index (χ1) is 19.7. The number of likely N-dealkylation sites (tertiary alicyclic amines) is 1. The molecular formula is C33H29Cl2NO5. The summed E-state index contributed by atoms with van der Waals surface area (Å²) < 4.78 is 5.14. The van der Waals surface area contributed by atoms with E-state index >= 15 is 0 Å².